The Balaban J connectivity index is 2.18. The van der Waals surface area contributed by atoms with Crippen LogP contribution in [0.3, 0.4) is 0 Å². The lowest BCUT2D eigenvalue weighted by atomic mass is 10.3. The van der Waals surface area contributed by atoms with E-state index in [4.69, 9.17) is 4.74 Å². The van der Waals surface area contributed by atoms with Gasteiger partial charge in [-0.05, 0) is 38.0 Å². The normalized spacial score (nSPS) is 10.5. The fourth-order valence-corrected chi connectivity index (χ4v) is 3.02. The van der Waals surface area contributed by atoms with Gasteiger partial charge in [0, 0.05) is 12.6 Å². The first-order chi connectivity index (χ1) is 11.5. The number of amides is 1. The van der Waals surface area contributed by atoms with E-state index in [2.05, 4.69) is 10.4 Å². The highest BCUT2D eigenvalue weighted by Gasteiger charge is 2.17. The minimum absolute atomic E-state index is 0.145. The Labute approximate surface area is 143 Å². The number of aryl methyl sites for hydroxylation is 2. The molecule has 2 aromatic rings. The summed E-state index contributed by atoms with van der Waals surface area (Å²) in [6, 6.07) is 4.41. The Morgan fingerprint density at radius 3 is 2.75 bits per heavy atom. The van der Waals surface area contributed by atoms with Crippen molar-refractivity contribution in [1.82, 2.24) is 9.78 Å². The lowest BCUT2D eigenvalue weighted by Crippen LogP contribution is -2.25. The standard InChI is InChI=1S/C16H19N3O4S/c1-4-8-19-13(20)7-6-11(18-19)15(21)17-12-9-10(3)14(24-12)16(22)23-5-2/h6-7,9H,4-5,8H2,1-3H3,(H,17,21). The number of thiophene rings is 1. The average molecular weight is 349 g/mol. The van der Waals surface area contributed by atoms with Gasteiger partial charge in [0.25, 0.3) is 11.5 Å². The van der Waals surface area contributed by atoms with Gasteiger partial charge in [-0.25, -0.2) is 9.48 Å². The van der Waals surface area contributed by atoms with Gasteiger partial charge in [-0.2, -0.15) is 5.10 Å². The maximum absolute atomic E-state index is 12.3. The predicted molar refractivity (Wildman–Crippen MR) is 91.8 cm³/mol. The number of hydrogen-bond acceptors (Lipinski definition) is 6. The van der Waals surface area contributed by atoms with Gasteiger partial charge in [0.05, 0.1) is 11.6 Å². The largest absolute Gasteiger partial charge is 0.462 e. The first-order valence-electron chi connectivity index (χ1n) is 7.63. The van der Waals surface area contributed by atoms with E-state index in [9.17, 15) is 14.4 Å². The zero-order valence-electron chi connectivity index (χ0n) is 13.8. The molecule has 0 fully saturated rings. The average Bonchev–Trinajstić information content (AvgIpc) is 2.90. The monoisotopic (exact) mass is 349 g/mol. The fourth-order valence-electron chi connectivity index (χ4n) is 2.06. The van der Waals surface area contributed by atoms with E-state index in [1.165, 1.54) is 16.8 Å². The molecule has 0 atom stereocenters. The maximum Gasteiger partial charge on any atom is 0.348 e. The molecule has 0 aliphatic rings. The van der Waals surface area contributed by atoms with Crippen LogP contribution >= 0.6 is 11.3 Å². The minimum Gasteiger partial charge on any atom is -0.462 e. The molecule has 2 aromatic heterocycles. The molecule has 1 amide bonds. The third-order valence-corrected chi connectivity index (χ3v) is 4.28. The van der Waals surface area contributed by atoms with Crippen LogP contribution in [0.25, 0.3) is 0 Å². The number of nitrogens with zero attached hydrogens (tertiary/aromatic N) is 2. The van der Waals surface area contributed by atoms with Crippen molar-refractivity contribution in [3.63, 3.8) is 0 Å². The number of ether oxygens (including phenoxy) is 1. The zero-order valence-corrected chi connectivity index (χ0v) is 14.6. The zero-order chi connectivity index (χ0) is 17.7. The van der Waals surface area contributed by atoms with Crippen LogP contribution in [0.1, 0.15) is 46.0 Å². The molecule has 1 N–H and O–H groups in total. The van der Waals surface area contributed by atoms with Crippen molar-refractivity contribution >= 4 is 28.2 Å². The number of rotatable bonds is 6. The number of carbonyl (C=O) groups is 2. The number of anilines is 1. The summed E-state index contributed by atoms with van der Waals surface area (Å²) in [5.74, 6) is -0.841. The SMILES string of the molecule is CCCn1nc(C(=O)Nc2cc(C)c(C(=O)OCC)s2)ccc1=O. The third-order valence-electron chi connectivity index (χ3n) is 3.15. The van der Waals surface area contributed by atoms with E-state index in [0.29, 0.717) is 23.0 Å². The molecule has 2 heterocycles. The molecule has 0 unspecified atom stereocenters. The lowest BCUT2D eigenvalue weighted by molar-refractivity contribution is 0.0531. The molecule has 0 spiro atoms. The van der Waals surface area contributed by atoms with Gasteiger partial charge < -0.3 is 10.1 Å². The van der Waals surface area contributed by atoms with Gasteiger partial charge in [0.15, 0.2) is 0 Å². The van der Waals surface area contributed by atoms with Crippen molar-refractivity contribution in [2.24, 2.45) is 0 Å². The van der Waals surface area contributed by atoms with Gasteiger partial charge in [-0.3, -0.25) is 9.59 Å². The summed E-state index contributed by atoms with van der Waals surface area (Å²) in [7, 11) is 0. The van der Waals surface area contributed by atoms with Crippen LogP contribution in [0.2, 0.25) is 0 Å². The summed E-state index contributed by atoms with van der Waals surface area (Å²) in [6.07, 6.45) is 0.741. The van der Waals surface area contributed by atoms with Crippen molar-refractivity contribution in [1.29, 1.82) is 0 Å². The van der Waals surface area contributed by atoms with Crippen LogP contribution in [-0.2, 0) is 11.3 Å². The van der Waals surface area contributed by atoms with E-state index in [0.717, 1.165) is 23.3 Å². The molecule has 128 valence electrons. The van der Waals surface area contributed by atoms with E-state index < -0.39 is 11.9 Å². The summed E-state index contributed by atoms with van der Waals surface area (Å²) >= 11 is 1.15. The highest BCUT2D eigenvalue weighted by atomic mass is 32.1. The van der Waals surface area contributed by atoms with Crippen LogP contribution in [0.5, 0.6) is 0 Å². The van der Waals surface area contributed by atoms with E-state index in [1.54, 1.807) is 19.9 Å². The minimum atomic E-state index is -0.434. The smallest absolute Gasteiger partial charge is 0.348 e. The molecule has 0 bridgehead atoms. The van der Waals surface area contributed by atoms with Crippen LogP contribution < -0.4 is 10.9 Å². The predicted octanol–water partition coefficient (Wildman–Crippen LogP) is 2.45. The second-order valence-electron chi connectivity index (χ2n) is 5.08. The van der Waals surface area contributed by atoms with Crippen molar-refractivity contribution in [2.45, 2.75) is 33.7 Å². The van der Waals surface area contributed by atoms with Gasteiger partial charge in [0.2, 0.25) is 0 Å². The Bertz CT molecular complexity index is 810. The van der Waals surface area contributed by atoms with Gasteiger partial charge in [-0.1, -0.05) is 6.92 Å². The summed E-state index contributed by atoms with van der Waals surface area (Å²) in [6.45, 7) is 6.18. The molecule has 24 heavy (non-hydrogen) atoms. The van der Waals surface area contributed by atoms with Gasteiger partial charge >= 0.3 is 5.97 Å². The Morgan fingerprint density at radius 1 is 1.33 bits per heavy atom. The van der Waals surface area contributed by atoms with Crippen LogP contribution in [0.4, 0.5) is 5.00 Å². The van der Waals surface area contributed by atoms with Crippen molar-refractivity contribution in [2.75, 3.05) is 11.9 Å². The molecular weight excluding hydrogens is 330 g/mol. The number of carbonyl (C=O) groups excluding carboxylic acids is 2. The summed E-state index contributed by atoms with van der Waals surface area (Å²) < 4.78 is 6.24. The second-order valence-corrected chi connectivity index (χ2v) is 6.13. The molecule has 0 saturated heterocycles. The Hall–Kier alpha value is -2.48. The van der Waals surface area contributed by atoms with Crippen LogP contribution in [0, 0.1) is 6.92 Å². The molecule has 2 rings (SSSR count). The van der Waals surface area contributed by atoms with Gasteiger partial charge in [0.1, 0.15) is 10.6 Å². The summed E-state index contributed by atoms with van der Waals surface area (Å²) in [5.41, 5.74) is 0.634. The highest BCUT2D eigenvalue weighted by molar-refractivity contribution is 7.18. The van der Waals surface area contributed by atoms with Crippen molar-refractivity contribution < 1.29 is 14.3 Å². The molecule has 7 nitrogen and oxygen atoms in total. The van der Waals surface area contributed by atoms with Gasteiger partial charge in [-0.15, -0.1) is 11.3 Å². The van der Waals surface area contributed by atoms with E-state index in [-0.39, 0.29) is 11.3 Å². The van der Waals surface area contributed by atoms with E-state index >= 15 is 0 Å². The topological polar surface area (TPSA) is 90.3 Å². The lowest BCUT2D eigenvalue weighted by Gasteiger charge is -2.05. The quantitative estimate of drug-likeness (QED) is 0.809. The molecule has 8 heteroatoms. The first-order valence-corrected chi connectivity index (χ1v) is 8.45. The van der Waals surface area contributed by atoms with Crippen molar-refractivity contribution in [3.05, 3.63) is 44.7 Å². The van der Waals surface area contributed by atoms with Crippen LogP contribution in [-0.4, -0.2) is 28.3 Å². The number of hydrogen-bond donors (Lipinski definition) is 1. The molecular formula is C16H19N3O4S. The molecule has 0 saturated carbocycles. The molecule has 0 aliphatic heterocycles. The molecule has 0 aromatic carbocycles. The van der Waals surface area contributed by atoms with E-state index in [1.807, 2.05) is 6.92 Å². The third kappa shape index (κ3) is 4.08. The maximum atomic E-state index is 12.3. The summed E-state index contributed by atoms with van der Waals surface area (Å²) in [5, 5.41) is 7.28. The molecule has 0 aliphatic carbocycles. The molecule has 0 radical (unpaired) electrons. The highest BCUT2D eigenvalue weighted by Crippen LogP contribution is 2.27. The fraction of sp³-hybridized carbons (Fsp3) is 0.375. The van der Waals surface area contributed by atoms with Crippen LogP contribution in [0.15, 0.2) is 23.0 Å². The Morgan fingerprint density at radius 2 is 2.08 bits per heavy atom. The number of aromatic nitrogens is 2. The summed E-state index contributed by atoms with van der Waals surface area (Å²) in [4.78, 5) is 36.2. The second kappa shape index (κ2) is 7.87. The Kier molecular flexibility index (Phi) is 5.86. The number of esters is 1. The number of nitrogens with one attached hydrogen (secondary N) is 1. The van der Waals surface area contributed by atoms with Crippen molar-refractivity contribution in [3.8, 4) is 0 Å². The first kappa shape index (κ1) is 17.9.